The molecule has 3 rings (SSSR count). The van der Waals surface area contributed by atoms with Gasteiger partial charge < -0.3 is 15.0 Å². The number of aromatic nitrogens is 2. The topological polar surface area (TPSA) is 67.3 Å². The van der Waals surface area contributed by atoms with Crippen LogP contribution in [0, 0.1) is 5.82 Å². The van der Waals surface area contributed by atoms with Crippen LogP contribution in [0.2, 0.25) is 0 Å². The number of carbonyl (C=O) groups excluding carboxylic acids is 1. The normalized spacial score (nSPS) is 20.0. The minimum Gasteiger partial charge on any atom is -0.494 e. The lowest BCUT2D eigenvalue weighted by molar-refractivity contribution is -0.174. The fraction of sp³-hybridized carbons (Fsp3) is 0.389. The van der Waals surface area contributed by atoms with E-state index >= 15 is 0 Å². The number of benzene rings is 1. The molecule has 0 bridgehead atoms. The Morgan fingerprint density at radius 2 is 2.00 bits per heavy atom. The molecular weight excluding hydrogens is 380 g/mol. The molecule has 0 radical (unpaired) electrons. The van der Waals surface area contributed by atoms with Crippen LogP contribution in [0.5, 0.6) is 5.75 Å². The first-order valence-electron chi connectivity index (χ1n) is 8.52. The summed E-state index contributed by atoms with van der Waals surface area (Å²) in [5.74, 6) is -2.77. The second-order valence-electron chi connectivity index (χ2n) is 6.36. The van der Waals surface area contributed by atoms with Gasteiger partial charge in [-0.3, -0.25) is 4.79 Å². The van der Waals surface area contributed by atoms with Gasteiger partial charge in [-0.15, -0.1) is 0 Å². The second kappa shape index (κ2) is 7.99. The third kappa shape index (κ3) is 4.32. The molecule has 1 saturated heterocycles. The molecule has 2 aromatic rings. The highest BCUT2D eigenvalue weighted by Gasteiger charge is 2.42. The summed E-state index contributed by atoms with van der Waals surface area (Å²) in [5, 5.41) is 2.04. The van der Waals surface area contributed by atoms with Gasteiger partial charge in [-0.25, -0.2) is 14.4 Å². The van der Waals surface area contributed by atoms with Crippen molar-refractivity contribution in [2.24, 2.45) is 0 Å². The van der Waals surface area contributed by atoms with E-state index in [1.807, 2.05) is 5.32 Å². The highest BCUT2D eigenvalue weighted by atomic mass is 19.4. The number of alkyl halides is 3. The van der Waals surface area contributed by atoms with Gasteiger partial charge in [0, 0.05) is 31.4 Å². The van der Waals surface area contributed by atoms with Crippen LogP contribution in [-0.4, -0.2) is 48.3 Å². The Kier molecular flexibility index (Phi) is 5.66. The number of nitrogens with zero attached hydrogens (tertiary/aromatic N) is 3. The molecule has 0 spiro atoms. The Balaban J connectivity index is 1.87. The van der Waals surface area contributed by atoms with Crippen molar-refractivity contribution < 1.29 is 27.1 Å². The molecule has 1 aromatic carbocycles. The maximum Gasteiger partial charge on any atom is 0.471 e. The molecule has 1 N–H and O–H groups in total. The van der Waals surface area contributed by atoms with Crippen molar-refractivity contribution in [1.29, 1.82) is 0 Å². The van der Waals surface area contributed by atoms with E-state index in [1.54, 1.807) is 17.0 Å². The molecule has 2 unspecified atom stereocenters. The Bertz CT molecular complexity index is 832. The predicted octanol–water partition coefficient (Wildman–Crippen LogP) is 2.67. The van der Waals surface area contributed by atoms with Crippen LogP contribution in [-0.2, 0) is 4.79 Å². The summed E-state index contributed by atoms with van der Waals surface area (Å²) in [6, 6.07) is 4.96. The monoisotopic (exact) mass is 398 g/mol. The van der Waals surface area contributed by atoms with E-state index in [9.17, 15) is 22.4 Å². The summed E-state index contributed by atoms with van der Waals surface area (Å²) in [7, 11) is 1.32. The van der Waals surface area contributed by atoms with Gasteiger partial charge >= 0.3 is 12.1 Å². The standard InChI is InChI=1S/C18H18F4N4O2/c1-28-15-4-3-11(9-13(15)19)12-5-8-26(17-23-6-2-7-24-17)10-14(12)25-16(27)18(20,21)22/h2-4,6-7,9,12,14H,5,8,10H2,1H3,(H,25,27). The number of halogens is 4. The van der Waals surface area contributed by atoms with Crippen LogP contribution in [0.4, 0.5) is 23.5 Å². The lowest BCUT2D eigenvalue weighted by Crippen LogP contribution is -2.54. The first kappa shape index (κ1) is 19.8. The number of amides is 1. The number of methoxy groups -OCH3 is 1. The molecule has 1 fully saturated rings. The molecule has 0 saturated carbocycles. The Labute approximate surface area is 158 Å². The average Bonchev–Trinajstić information content (AvgIpc) is 2.68. The van der Waals surface area contributed by atoms with Gasteiger partial charge in [0.05, 0.1) is 13.2 Å². The number of hydrogen-bond acceptors (Lipinski definition) is 5. The number of ether oxygens (including phenoxy) is 1. The molecule has 1 amide bonds. The van der Waals surface area contributed by atoms with Gasteiger partial charge in [0.15, 0.2) is 11.6 Å². The number of nitrogens with one attached hydrogen (secondary N) is 1. The first-order valence-corrected chi connectivity index (χ1v) is 8.52. The second-order valence-corrected chi connectivity index (χ2v) is 6.36. The Morgan fingerprint density at radius 1 is 1.29 bits per heavy atom. The molecule has 150 valence electrons. The van der Waals surface area contributed by atoms with Crippen molar-refractivity contribution >= 4 is 11.9 Å². The van der Waals surface area contributed by atoms with Gasteiger partial charge in [0.1, 0.15) is 0 Å². The van der Waals surface area contributed by atoms with Crippen molar-refractivity contribution in [3.05, 3.63) is 48.0 Å². The third-order valence-corrected chi connectivity index (χ3v) is 4.63. The molecule has 6 nitrogen and oxygen atoms in total. The Morgan fingerprint density at radius 3 is 2.61 bits per heavy atom. The zero-order valence-corrected chi connectivity index (χ0v) is 14.9. The van der Waals surface area contributed by atoms with Crippen LogP contribution >= 0.6 is 0 Å². The molecule has 2 atom stereocenters. The Hall–Kier alpha value is -2.91. The minimum atomic E-state index is -5.01. The molecular formula is C18H18F4N4O2. The summed E-state index contributed by atoms with van der Waals surface area (Å²) >= 11 is 0. The maximum atomic E-state index is 14.1. The van der Waals surface area contributed by atoms with E-state index in [0.717, 1.165) is 0 Å². The van der Waals surface area contributed by atoms with Crippen LogP contribution in [0.25, 0.3) is 0 Å². The van der Waals surface area contributed by atoms with Crippen molar-refractivity contribution in [2.75, 3.05) is 25.1 Å². The highest BCUT2D eigenvalue weighted by molar-refractivity contribution is 5.82. The fourth-order valence-corrected chi connectivity index (χ4v) is 3.30. The molecule has 0 aliphatic carbocycles. The summed E-state index contributed by atoms with van der Waals surface area (Å²) in [5.41, 5.74) is 0.486. The third-order valence-electron chi connectivity index (χ3n) is 4.63. The highest BCUT2D eigenvalue weighted by Crippen LogP contribution is 2.32. The van der Waals surface area contributed by atoms with Crippen molar-refractivity contribution in [2.45, 2.75) is 24.6 Å². The summed E-state index contributed by atoms with van der Waals surface area (Å²) in [4.78, 5) is 21.4. The molecule has 28 heavy (non-hydrogen) atoms. The number of rotatable bonds is 4. The number of hydrogen-bond donors (Lipinski definition) is 1. The van der Waals surface area contributed by atoms with E-state index < -0.39 is 29.9 Å². The lowest BCUT2D eigenvalue weighted by atomic mass is 9.85. The van der Waals surface area contributed by atoms with Crippen LogP contribution in [0.1, 0.15) is 17.9 Å². The van der Waals surface area contributed by atoms with E-state index in [1.165, 1.54) is 31.6 Å². The minimum absolute atomic E-state index is 0.0368. The summed E-state index contributed by atoms with van der Waals surface area (Å²) < 4.78 is 57.4. The first-order chi connectivity index (χ1) is 13.3. The number of piperidine rings is 1. The summed E-state index contributed by atoms with van der Waals surface area (Å²) in [6.45, 7) is 0.505. The van der Waals surface area contributed by atoms with Crippen LogP contribution in [0.3, 0.4) is 0 Å². The zero-order valence-electron chi connectivity index (χ0n) is 14.9. The van der Waals surface area contributed by atoms with Crippen molar-refractivity contribution in [1.82, 2.24) is 15.3 Å². The van der Waals surface area contributed by atoms with Gasteiger partial charge in [-0.05, 0) is 30.2 Å². The van der Waals surface area contributed by atoms with Crippen molar-refractivity contribution in [3.63, 3.8) is 0 Å². The van der Waals surface area contributed by atoms with Gasteiger partial charge in [-0.1, -0.05) is 6.07 Å². The lowest BCUT2D eigenvalue weighted by Gasteiger charge is -2.39. The number of carbonyl (C=O) groups is 1. The van der Waals surface area contributed by atoms with Gasteiger partial charge in [0.25, 0.3) is 0 Å². The molecule has 1 aliphatic heterocycles. The SMILES string of the molecule is COc1ccc(C2CCN(c3ncccn3)CC2NC(=O)C(F)(F)F)cc1F. The van der Waals surface area contributed by atoms with Crippen LogP contribution in [0.15, 0.2) is 36.7 Å². The van der Waals surface area contributed by atoms with E-state index in [0.29, 0.717) is 24.5 Å². The molecule has 1 aliphatic rings. The quantitative estimate of drug-likeness (QED) is 0.803. The summed E-state index contributed by atoms with van der Waals surface area (Å²) in [6.07, 6.45) is -1.58. The largest absolute Gasteiger partial charge is 0.494 e. The average molecular weight is 398 g/mol. The van der Waals surface area contributed by atoms with Gasteiger partial charge in [-0.2, -0.15) is 13.2 Å². The molecule has 1 aromatic heterocycles. The van der Waals surface area contributed by atoms with Gasteiger partial charge in [0.2, 0.25) is 5.95 Å². The van der Waals surface area contributed by atoms with E-state index in [2.05, 4.69) is 9.97 Å². The van der Waals surface area contributed by atoms with E-state index in [-0.39, 0.29) is 12.3 Å². The number of anilines is 1. The van der Waals surface area contributed by atoms with Crippen molar-refractivity contribution in [3.8, 4) is 5.75 Å². The zero-order chi connectivity index (χ0) is 20.3. The predicted molar refractivity (Wildman–Crippen MR) is 92.5 cm³/mol. The fourth-order valence-electron chi connectivity index (χ4n) is 3.30. The molecule has 10 heteroatoms. The maximum absolute atomic E-state index is 14.1. The smallest absolute Gasteiger partial charge is 0.471 e. The van der Waals surface area contributed by atoms with Crippen LogP contribution < -0.4 is 15.0 Å². The molecule has 2 heterocycles. The van der Waals surface area contributed by atoms with E-state index in [4.69, 9.17) is 4.74 Å².